The lowest BCUT2D eigenvalue weighted by molar-refractivity contribution is -0.140. The third-order valence-electron chi connectivity index (χ3n) is 2.21. The fourth-order valence-corrected chi connectivity index (χ4v) is 1.34. The number of nitrogen functional groups attached to an aromatic ring is 1. The van der Waals surface area contributed by atoms with Gasteiger partial charge in [-0.05, 0) is 12.1 Å². The molecular weight excluding hydrogens is 238 g/mol. The van der Waals surface area contributed by atoms with E-state index < -0.39 is 30.2 Å². The second-order valence-corrected chi connectivity index (χ2v) is 3.62. The number of anilines is 1. The van der Waals surface area contributed by atoms with Gasteiger partial charge in [0, 0.05) is 5.69 Å². The monoisotopic (exact) mass is 251 g/mol. The first kappa shape index (κ1) is 13.5. The van der Waals surface area contributed by atoms with E-state index in [9.17, 15) is 14.4 Å². The van der Waals surface area contributed by atoms with Gasteiger partial charge in [0.15, 0.2) is 0 Å². The molecule has 6 N–H and O–H groups in total. The molecule has 1 rings (SSSR count). The van der Waals surface area contributed by atoms with Crippen molar-refractivity contribution in [2.75, 3.05) is 5.73 Å². The van der Waals surface area contributed by atoms with Crippen LogP contribution in [0.4, 0.5) is 5.69 Å². The van der Waals surface area contributed by atoms with Crippen LogP contribution >= 0.6 is 0 Å². The molecule has 0 heterocycles. The molecule has 2 amide bonds. The summed E-state index contributed by atoms with van der Waals surface area (Å²) in [4.78, 5) is 33.3. The number of aliphatic carboxylic acids is 1. The second-order valence-electron chi connectivity index (χ2n) is 3.62. The molecule has 1 aromatic rings. The number of hydrogen-bond acceptors (Lipinski definition) is 4. The molecule has 0 radical (unpaired) electrons. The number of hydrogen-bond donors (Lipinski definition) is 4. The zero-order valence-corrected chi connectivity index (χ0v) is 9.42. The zero-order valence-electron chi connectivity index (χ0n) is 9.42. The van der Waals surface area contributed by atoms with Gasteiger partial charge in [0.2, 0.25) is 5.91 Å². The molecule has 0 aliphatic rings. The van der Waals surface area contributed by atoms with Gasteiger partial charge in [0.25, 0.3) is 5.91 Å². The number of para-hydroxylation sites is 1. The van der Waals surface area contributed by atoms with Crippen molar-refractivity contribution in [3.63, 3.8) is 0 Å². The SMILES string of the molecule is NC(=O)CC(NC(=O)c1ccccc1N)C(=O)O. The van der Waals surface area contributed by atoms with Crippen LogP contribution in [0.5, 0.6) is 0 Å². The lowest BCUT2D eigenvalue weighted by Gasteiger charge is -2.13. The molecule has 0 aliphatic carbocycles. The molecule has 0 aliphatic heterocycles. The van der Waals surface area contributed by atoms with E-state index in [1.54, 1.807) is 12.1 Å². The number of carboxylic acids is 1. The normalized spacial score (nSPS) is 11.6. The van der Waals surface area contributed by atoms with Gasteiger partial charge in [-0.1, -0.05) is 12.1 Å². The summed E-state index contributed by atoms with van der Waals surface area (Å²) in [6.45, 7) is 0. The molecule has 1 unspecified atom stereocenters. The quantitative estimate of drug-likeness (QED) is 0.514. The Bertz CT molecular complexity index is 487. The molecule has 18 heavy (non-hydrogen) atoms. The van der Waals surface area contributed by atoms with Crippen LogP contribution in [0.15, 0.2) is 24.3 Å². The smallest absolute Gasteiger partial charge is 0.326 e. The fraction of sp³-hybridized carbons (Fsp3) is 0.182. The number of amides is 2. The molecule has 0 aromatic heterocycles. The van der Waals surface area contributed by atoms with Crippen LogP contribution in [0.1, 0.15) is 16.8 Å². The minimum Gasteiger partial charge on any atom is -0.480 e. The molecule has 96 valence electrons. The molecule has 0 spiro atoms. The molecule has 0 saturated heterocycles. The van der Waals surface area contributed by atoms with Gasteiger partial charge in [-0.15, -0.1) is 0 Å². The first-order valence-corrected chi connectivity index (χ1v) is 5.08. The van der Waals surface area contributed by atoms with E-state index in [0.29, 0.717) is 0 Å². The maximum absolute atomic E-state index is 11.8. The van der Waals surface area contributed by atoms with E-state index in [0.717, 1.165) is 0 Å². The van der Waals surface area contributed by atoms with E-state index in [-0.39, 0.29) is 11.3 Å². The molecule has 0 fully saturated rings. The summed E-state index contributed by atoms with van der Waals surface area (Å²) in [6.07, 6.45) is -0.478. The van der Waals surface area contributed by atoms with E-state index in [1.165, 1.54) is 12.1 Å². The average molecular weight is 251 g/mol. The highest BCUT2D eigenvalue weighted by atomic mass is 16.4. The summed E-state index contributed by atoms with van der Waals surface area (Å²) in [5, 5.41) is 11.0. The van der Waals surface area contributed by atoms with E-state index >= 15 is 0 Å². The standard InChI is InChI=1S/C11H13N3O4/c12-7-4-2-1-3-6(7)10(16)14-8(11(17)18)5-9(13)15/h1-4,8H,5,12H2,(H2,13,15)(H,14,16)(H,17,18). The van der Waals surface area contributed by atoms with Crippen LogP contribution < -0.4 is 16.8 Å². The highest BCUT2D eigenvalue weighted by Gasteiger charge is 2.23. The molecule has 1 atom stereocenters. The van der Waals surface area contributed by atoms with Crippen LogP contribution in [0, 0.1) is 0 Å². The van der Waals surface area contributed by atoms with Gasteiger partial charge < -0.3 is 21.9 Å². The first-order chi connectivity index (χ1) is 8.41. The van der Waals surface area contributed by atoms with Crippen molar-refractivity contribution in [3.8, 4) is 0 Å². The minimum atomic E-state index is -1.37. The lowest BCUT2D eigenvalue weighted by atomic mass is 10.1. The Kier molecular flexibility index (Phi) is 4.25. The third-order valence-corrected chi connectivity index (χ3v) is 2.21. The van der Waals surface area contributed by atoms with Gasteiger partial charge in [0.05, 0.1) is 12.0 Å². The Morgan fingerprint density at radius 3 is 2.39 bits per heavy atom. The zero-order chi connectivity index (χ0) is 13.7. The number of rotatable bonds is 5. The largest absolute Gasteiger partial charge is 0.480 e. The van der Waals surface area contributed by atoms with Crippen LogP contribution in [0.3, 0.4) is 0 Å². The Hall–Kier alpha value is -2.57. The predicted molar refractivity (Wildman–Crippen MR) is 63.6 cm³/mol. The van der Waals surface area contributed by atoms with Crippen LogP contribution in [-0.2, 0) is 9.59 Å². The van der Waals surface area contributed by atoms with Crippen molar-refractivity contribution in [2.45, 2.75) is 12.5 Å². The number of carbonyl (C=O) groups is 3. The minimum absolute atomic E-state index is 0.147. The Balaban J connectivity index is 2.82. The molecule has 1 aromatic carbocycles. The summed E-state index contributed by atoms with van der Waals surface area (Å²) >= 11 is 0. The number of benzene rings is 1. The van der Waals surface area contributed by atoms with Crippen molar-refractivity contribution < 1.29 is 19.5 Å². The number of nitrogens with two attached hydrogens (primary N) is 2. The summed E-state index contributed by atoms with van der Waals surface area (Å²) in [7, 11) is 0. The Labute approximate surface area is 103 Å². The molecule has 0 saturated carbocycles. The first-order valence-electron chi connectivity index (χ1n) is 5.08. The molecule has 7 nitrogen and oxygen atoms in total. The van der Waals surface area contributed by atoms with Crippen LogP contribution in [0.2, 0.25) is 0 Å². The number of carbonyl (C=O) groups excluding carboxylic acids is 2. The van der Waals surface area contributed by atoms with Crippen molar-refractivity contribution >= 4 is 23.5 Å². The van der Waals surface area contributed by atoms with E-state index in [4.69, 9.17) is 16.6 Å². The lowest BCUT2D eigenvalue weighted by Crippen LogP contribution is -2.43. The maximum atomic E-state index is 11.8. The average Bonchev–Trinajstić information content (AvgIpc) is 2.27. The maximum Gasteiger partial charge on any atom is 0.326 e. The number of nitrogens with one attached hydrogen (secondary N) is 1. The summed E-state index contributed by atoms with van der Waals surface area (Å²) in [5.74, 6) is -2.82. The van der Waals surface area contributed by atoms with Crippen molar-refractivity contribution in [3.05, 3.63) is 29.8 Å². The van der Waals surface area contributed by atoms with Crippen LogP contribution in [0.25, 0.3) is 0 Å². The number of carboxylic acid groups (broad SMARTS) is 1. The van der Waals surface area contributed by atoms with E-state index in [2.05, 4.69) is 5.32 Å². The van der Waals surface area contributed by atoms with Crippen LogP contribution in [-0.4, -0.2) is 28.9 Å². The summed E-state index contributed by atoms with van der Waals surface area (Å²) in [6, 6.07) is 4.83. The molecular formula is C11H13N3O4. The van der Waals surface area contributed by atoms with Gasteiger partial charge >= 0.3 is 5.97 Å². The third kappa shape index (κ3) is 3.48. The van der Waals surface area contributed by atoms with Gasteiger partial charge in [-0.25, -0.2) is 4.79 Å². The highest BCUT2D eigenvalue weighted by Crippen LogP contribution is 2.10. The summed E-state index contributed by atoms with van der Waals surface area (Å²) in [5.41, 5.74) is 10.8. The van der Waals surface area contributed by atoms with Gasteiger partial charge in [-0.2, -0.15) is 0 Å². The van der Waals surface area contributed by atoms with Crippen molar-refractivity contribution in [2.24, 2.45) is 5.73 Å². The van der Waals surface area contributed by atoms with E-state index in [1.807, 2.05) is 0 Å². The highest BCUT2D eigenvalue weighted by molar-refractivity contribution is 6.01. The molecule has 7 heteroatoms. The molecule has 0 bridgehead atoms. The van der Waals surface area contributed by atoms with Crippen molar-refractivity contribution in [1.82, 2.24) is 5.32 Å². The summed E-state index contributed by atoms with van der Waals surface area (Å²) < 4.78 is 0. The fourth-order valence-electron chi connectivity index (χ4n) is 1.34. The van der Waals surface area contributed by atoms with Crippen molar-refractivity contribution in [1.29, 1.82) is 0 Å². The Morgan fingerprint density at radius 2 is 1.89 bits per heavy atom. The van der Waals surface area contributed by atoms with Gasteiger partial charge in [0.1, 0.15) is 6.04 Å². The van der Waals surface area contributed by atoms with Gasteiger partial charge in [-0.3, -0.25) is 9.59 Å². The Morgan fingerprint density at radius 1 is 1.28 bits per heavy atom. The predicted octanol–water partition coefficient (Wildman–Crippen LogP) is -0.673. The topological polar surface area (TPSA) is 136 Å². The second kappa shape index (κ2) is 5.67. The number of primary amides is 1.